The number of rotatable bonds is 2. The quantitative estimate of drug-likeness (QED) is 0.239. The molecule has 0 aliphatic carbocycles. The van der Waals surface area contributed by atoms with Gasteiger partial charge in [-0.15, -0.1) is 0 Å². The maximum absolute atomic E-state index is 2.31. The number of hydrogen-bond donors (Lipinski definition) is 0. The standard InChI is InChI=1S/C34H22/c1-3-13-25-23(9-1)11-5-15-27(25)29-17-7-19-31-32-20-8-18-30(34(32)22-21-33(29)31)28-16-6-12-24-10-2-4-14-26(24)28/h1-22H. The summed E-state index contributed by atoms with van der Waals surface area (Å²) in [4.78, 5) is 0. The van der Waals surface area contributed by atoms with Gasteiger partial charge in [0.15, 0.2) is 0 Å². The van der Waals surface area contributed by atoms with Gasteiger partial charge in [-0.05, 0) is 65.3 Å². The van der Waals surface area contributed by atoms with Crippen molar-refractivity contribution in [3.63, 3.8) is 0 Å². The van der Waals surface area contributed by atoms with E-state index in [1.165, 1.54) is 65.3 Å². The van der Waals surface area contributed by atoms with Crippen molar-refractivity contribution in [2.45, 2.75) is 0 Å². The van der Waals surface area contributed by atoms with Crippen LogP contribution in [-0.4, -0.2) is 0 Å². The van der Waals surface area contributed by atoms with Crippen molar-refractivity contribution in [2.24, 2.45) is 0 Å². The van der Waals surface area contributed by atoms with E-state index < -0.39 is 0 Å². The van der Waals surface area contributed by atoms with Crippen molar-refractivity contribution in [2.75, 3.05) is 0 Å². The topological polar surface area (TPSA) is 0 Å². The molecule has 0 atom stereocenters. The van der Waals surface area contributed by atoms with Crippen molar-refractivity contribution in [1.82, 2.24) is 0 Å². The molecule has 7 rings (SSSR count). The first-order valence-corrected chi connectivity index (χ1v) is 11.8. The first kappa shape index (κ1) is 19.1. The van der Waals surface area contributed by atoms with Crippen LogP contribution in [-0.2, 0) is 0 Å². The SMILES string of the molecule is c1ccc2c(-c3cccc4c3ccc3c(-c5cccc6ccccc56)cccc34)cccc2c1. The molecule has 0 spiro atoms. The van der Waals surface area contributed by atoms with E-state index in [9.17, 15) is 0 Å². The number of fused-ring (bicyclic) bond motifs is 5. The average molecular weight is 431 g/mol. The first-order chi connectivity index (χ1) is 16.9. The normalized spacial score (nSPS) is 11.5. The van der Waals surface area contributed by atoms with Gasteiger partial charge in [-0.25, -0.2) is 0 Å². The molecule has 7 aromatic rings. The highest BCUT2D eigenvalue weighted by atomic mass is 14.2. The van der Waals surface area contributed by atoms with Gasteiger partial charge in [-0.2, -0.15) is 0 Å². The Labute approximate surface area is 198 Å². The summed E-state index contributed by atoms with van der Waals surface area (Å²) in [5, 5.41) is 10.3. The average Bonchev–Trinajstić information content (AvgIpc) is 2.91. The van der Waals surface area contributed by atoms with Gasteiger partial charge in [-0.3, -0.25) is 0 Å². The van der Waals surface area contributed by atoms with E-state index in [0.717, 1.165) is 0 Å². The van der Waals surface area contributed by atoms with Crippen molar-refractivity contribution in [1.29, 1.82) is 0 Å². The van der Waals surface area contributed by atoms with Gasteiger partial charge in [0, 0.05) is 0 Å². The van der Waals surface area contributed by atoms with Gasteiger partial charge in [-0.1, -0.05) is 133 Å². The Morgan fingerprint density at radius 3 is 1.00 bits per heavy atom. The smallest absolute Gasteiger partial charge is 0.00987 e. The Kier molecular flexibility index (Phi) is 4.25. The fraction of sp³-hybridized carbons (Fsp3) is 0. The van der Waals surface area contributed by atoms with Gasteiger partial charge in [0.2, 0.25) is 0 Å². The molecule has 0 aliphatic rings. The van der Waals surface area contributed by atoms with E-state index in [2.05, 4.69) is 133 Å². The van der Waals surface area contributed by atoms with Crippen LogP contribution in [0, 0.1) is 0 Å². The van der Waals surface area contributed by atoms with E-state index in [1.54, 1.807) is 0 Å². The molecule has 0 heterocycles. The van der Waals surface area contributed by atoms with Crippen molar-refractivity contribution < 1.29 is 0 Å². The Morgan fingerprint density at radius 1 is 0.206 bits per heavy atom. The van der Waals surface area contributed by atoms with Gasteiger partial charge in [0.05, 0.1) is 0 Å². The molecule has 0 nitrogen and oxygen atoms in total. The zero-order chi connectivity index (χ0) is 22.5. The molecule has 0 bridgehead atoms. The van der Waals surface area contributed by atoms with Gasteiger partial charge in [0.1, 0.15) is 0 Å². The highest BCUT2D eigenvalue weighted by Crippen LogP contribution is 2.40. The van der Waals surface area contributed by atoms with Crippen LogP contribution in [0.3, 0.4) is 0 Å². The minimum atomic E-state index is 1.27. The number of hydrogen-bond acceptors (Lipinski definition) is 0. The van der Waals surface area contributed by atoms with Gasteiger partial charge < -0.3 is 0 Å². The minimum absolute atomic E-state index is 1.27. The molecule has 7 aromatic carbocycles. The highest BCUT2D eigenvalue weighted by Gasteiger charge is 2.12. The van der Waals surface area contributed by atoms with Crippen molar-refractivity contribution in [3.05, 3.63) is 133 Å². The lowest BCUT2D eigenvalue weighted by Crippen LogP contribution is -1.87. The van der Waals surface area contributed by atoms with Crippen LogP contribution >= 0.6 is 0 Å². The predicted octanol–water partition coefficient (Wildman–Crippen LogP) is 9.63. The summed E-state index contributed by atoms with van der Waals surface area (Å²) < 4.78 is 0. The fourth-order valence-electron chi connectivity index (χ4n) is 5.52. The Hall–Kier alpha value is -4.42. The van der Waals surface area contributed by atoms with Crippen LogP contribution in [0.25, 0.3) is 65.3 Å². The Morgan fingerprint density at radius 2 is 0.529 bits per heavy atom. The minimum Gasteiger partial charge on any atom is -0.0616 e. The van der Waals surface area contributed by atoms with Gasteiger partial charge >= 0.3 is 0 Å². The third-order valence-electron chi connectivity index (χ3n) is 7.08. The summed E-state index contributed by atoms with van der Waals surface area (Å²) in [6, 6.07) is 48.5. The van der Waals surface area contributed by atoms with Crippen LogP contribution in [0.5, 0.6) is 0 Å². The second-order valence-electron chi connectivity index (χ2n) is 8.92. The second-order valence-corrected chi connectivity index (χ2v) is 8.92. The zero-order valence-corrected chi connectivity index (χ0v) is 18.7. The monoisotopic (exact) mass is 430 g/mol. The highest BCUT2D eigenvalue weighted by molar-refractivity contribution is 6.18. The molecule has 0 N–H and O–H groups in total. The molecule has 0 radical (unpaired) electrons. The van der Waals surface area contributed by atoms with Crippen molar-refractivity contribution >= 4 is 43.1 Å². The fourth-order valence-corrected chi connectivity index (χ4v) is 5.52. The molecule has 0 unspecified atom stereocenters. The Balaban J connectivity index is 1.53. The number of benzene rings is 7. The molecule has 0 saturated heterocycles. The van der Waals surface area contributed by atoms with Crippen LogP contribution in [0.2, 0.25) is 0 Å². The van der Waals surface area contributed by atoms with Crippen LogP contribution in [0.1, 0.15) is 0 Å². The van der Waals surface area contributed by atoms with Crippen molar-refractivity contribution in [3.8, 4) is 22.3 Å². The summed E-state index contributed by atoms with van der Waals surface area (Å²) in [6.45, 7) is 0. The molecule has 0 aromatic heterocycles. The maximum atomic E-state index is 2.31. The second kappa shape index (κ2) is 7.57. The van der Waals surface area contributed by atoms with Crippen LogP contribution in [0.4, 0.5) is 0 Å². The van der Waals surface area contributed by atoms with E-state index in [1.807, 2.05) is 0 Å². The van der Waals surface area contributed by atoms with Crippen LogP contribution < -0.4 is 0 Å². The molecule has 34 heavy (non-hydrogen) atoms. The zero-order valence-electron chi connectivity index (χ0n) is 18.7. The molecule has 0 heteroatoms. The molecule has 0 aliphatic heterocycles. The molecular weight excluding hydrogens is 408 g/mol. The predicted molar refractivity (Wildman–Crippen MR) is 147 cm³/mol. The summed E-state index contributed by atoms with van der Waals surface area (Å²) in [5.41, 5.74) is 5.14. The maximum Gasteiger partial charge on any atom is -0.00987 e. The molecule has 158 valence electrons. The van der Waals surface area contributed by atoms with Crippen LogP contribution in [0.15, 0.2) is 133 Å². The van der Waals surface area contributed by atoms with E-state index in [4.69, 9.17) is 0 Å². The summed E-state index contributed by atoms with van der Waals surface area (Å²) in [6.07, 6.45) is 0. The largest absolute Gasteiger partial charge is 0.0616 e. The molecule has 0 fully saturated rings. The summed E-state index contributed by atoms with van der Waals surface area (Å²) in [5.74, 6) is 0. The lowest BCUT2D eigenvalue weighted by atomic mass is 9.89. The summed E-state index contributed by atoms with van der Waals surface area (Å²) >= 11 is 0. The molecule has 0 saturated carbocycles. The lowest BCUT2D eigenvalue weighted by molar-refractivity contribution is 1.68. The Bertz CT molecular complexity index is 1710. The van der Waals surface area contributed by atoms with E-state index in [-0.39, 0.29) is 0 Å². The first-order valence-electron chi connectivity index (χ1n) is 11.8. The van der Waals surface area contributed by atoms with E-state index >= 15 is 0 Å². The third-order valence-corrected chi connectivity index (χ3v) is 7.08. The molecule has 0 amide bonds. The van der Waals surface area contributed by atoms with E-state index in [0.29, 0.717) is 0 Å². The van der Waals surface area contributed by atoms with Gasteiger partial charge in [0.25, 0.3) is 0 Å². The third kappa shape index (κ3) is 2.86. The lowest BCUT2D eigenvalue weighted by Gasteiger charge is -2.14. The molecular formula is C34H22. The summed E-state index contributed by atoms with van der Waals surface area (Å²) in [7, 11) is 0.